The molecule has 1 N–H and O–H groups in total. The van der Waals surface area contributed by atoms with Gasteiger partial charge in [0.15, 0.2) is 5.82 Å². The molecule has 0 amide bonds. The van der Waals surface area contributed by atoms with Crippen LogP contribution in [-0.2, 0) is 0 Å². The Balaban J connectivity index is 1.51. The maximum atomic E-state index is 6.55. The summed E-state index contributed by atoms with van der Waals surface area (Å²) < 4.78 is 5.54. The first kappa shape index (κ1) is 23.9. The molecule has 2 unspecified atom stereocenters. The number of benzene rings is 3. The SMILES string of the molecule is COc1ccccc1Nc1cc(N2CC(C)N(c3ccccc3)C(C)C2)nc(-c2ccccc2Cl)n1. The second-order valence-corrected chi connectivity index (χ2v) is 9.49. The van der Waals surface area contributed by atoms with Crippen LogP contribution >= 0.6 is 11.6 Å². The molecule has 2 heterocycles. The number of rotatable bonds is 6. The summed E-state index contributed by atoms with van der Waals surface area (Å²) in [7, 11) is 1.66. The van der Waals surface area contributed by atoms with Crippen molar-refractivity contribution in [1.82, 2.24) is 9.97 Å². The van der Waals surface area contributed by atoms with Crippen LogP contribution in [0.3, 0.4) is 0 Å². The molecule has 3 aromatic carbocycles. The number of piperazine rings is 1. The molecule has 0 radical (unpaired) electrons. The first-order valence-electron chi connectivity index (χ1n) is 12.2. The normalized spacial score (nSPS) is 17.7. The molecule has 0 bridgehead atoms. The summed E-state index contributed by atoms with van der Waals surface area (Å²) >= 11 is 6.55. The molecule has 36 heavy (non-hydrogen) atoms. The maximum absolute atomic E-state index is 6.55. The molecule has 1 aromatic heterocycles. The molecule has 5 rings (SSSR count). The highest BCUT2D eigenvalue weighted by Gasteiger charge is 2.31. The quantitative estimate of drug-likeness (QED) is 0.320. The number of para-hydroxylation sites is 3. The molecule has 6 nitrogen and oxygen atoms in total. The van der Waals surface area contributed by atoms with Gasteiger partial charge in [-0.3, -0.25) is 0 Å². The summed E-state index contributed by atoms with van der Waals surface area (Å²) in [4.78, 5) is 14.6. The molecule has 0 spiro atoms. The zero-order valence-corrected chi connectivity index (χ0v) is 21.5. The van der Waals surface area contributed by atoms with Crippen molar-refractivity contribution >= 4 is 34.6 Å². The van der Waals surface area contributed by atoms with Crippen molar-refractivity contribution in [3.8, 4) is 17.1 Å². The number of methoxy groups -OCH3 is 1. The smallest absolute Gasteiger partial charge is 0.165 e. The minimum Gasteiger partial charge on any atom is -0.495 e. The van der Waals surface area contributed by atoms with E-state index in [1.807, 2.05) is 54.6 Å². The molecular formula is C29H30ClN5O. The predicted molar refractivity (Wildman–Crippen MR) is 149 cm³/mol. The standard InChI is InChI=1S/C29H30ClN5O/c1-20-18-34(19-21(2)35(20)22-11-5-4-6-12-22)28-17-27(31-25-15-9-10-16-26(25)36-3)32-29(33-28)23-13-7-8-14-24(23)30/h4-17,20-21H,18-19H2,1-3H3,(H,31,32,33). The van der Waals surface area contributed by atoms with Crippen LogP contribution in [0.4, 0.5) is 23.0 Å². The van der Waals surface area contributed by atoms with Gasteiger partial charge in [-0.25, -0.2) is 9.97 Å². The van der Waals surface area contributed by atoms with E-state index in [1.54, 1.807) is 7.11 Å². The van der Waals surface area contributed by atoms with Crippen molar-refractivity contribution < 1.29 is 4.74 Å². The molecular weight excluding hydrogens is 470 g/mol. The number of anilines is 4. The van der Waals surface area contributed by atoms with E-state index in [9.17, 15) is 0 Å². The van der Waals surface area contributed by atoms with E-state index in [0.29, 0.717) is 28.7 Å². The fourth-order valence-corrected chi connectivity index (χ4v) is 5.15. The topological polar surface area (TPSA) is 53.5 Å². The lowest BCUT2D eigenvalue weighted by molar-refractivity contribution is 0.417. The summed E-state index contributed by atoms with van der Waals surface area (Å²) in [6, 6.07) is 28.7. The predicted octanol–water partition coefficient (Wildman–Crippen LogP) is 6.65. The van der Waals surface area contributed by atoms with E-state index in [-0.39, 0.29) is 0 Å². The van der Waals surface area contributed by atoms with Crippen LogP contribution < -0.4 is 19.9 Å². The minimum atomic E-state index is 0.306. The van der Waals surface area contributed by atoms with Crippen molar-refractivity contribution in [3.05, 3.63) is 90.0 Å². The highest BCUT2D eigenvalue weighted by atomic mass is 35.5. The fraction of sp³-hybridized carbons (Fsp3) is 0.241. The minimum absolute atomic E-state index is 0.306. The van der Waals surface area contributed by atoms with Gasteiger partial charge in [0.05, 0.1) is 17.8 Å². The van der Waals surface area contributed by atoms with Crippen LogP contribution in [0.25, 0.3) is 11.4 Å². The van der Waals surface area contributed by atoms with Gasteiger partial charge in [0.2, 0.25) is 0 Å². The Morgan fingerprint density at radius 1 is 0.861 bits per heavy atom. The molecule has 184 valence electrons. The summed E-state index contributed by atoms with van der Waals surface area (Å²) in [5, 5.41) is 4.05. The molecule has 1 aliphatic heterocycles. The Kier molecular flexibility index (Phi) is 6.96. The number of hydrogen-bond donors (Lipinski definition) is 1. The van der Waals surface area contributed by atoms with Crippen molar-refractivity contribution in [2.24, 2.45) is 0 Å². The van der Waals surface area contributed by atoms with E-state index in [2.05, 4.69) is 59.3 Å². The zero-order chi connectivity index (χ0) is 25.1. The lowest BCUT2D eigenvalue weighted by Crippen LogP contribution is -2.57. The highest BCUT2D eigenvalue weighted by molar-refractivity contribution is 6.33. The van der Waals surface area contributed by atoms with Crippen LogP contribution in [0, 0.1) is 0 Å². The maximum Gasteiger partial charge on any atom is 0.165 e. The van der Waals surface area contributed by atoms with E-state index in [0.717, 1.165) is 35.9 Å². The Hall–Kier alpha value is -3.77. The molecule has 4 aromatic rings. The molecule has 7 heteroatoms. The number of ether oxygens (including phenoxy) is 1. The summed E-state index contributed by atoms with van der Waals surface area (Å²) in [5.74, 6) is 2.88. The van der Waals surface area contributed by atoms with E-state index in [4.69, 9.17) is 26.3 Å². The molecule has 1 aliphatic rings. The Bertz CT molecular complexity index is 1320. The molecule has 1 fully saturated rings. The average Bonchev–Trinajstić information content (AvgIpc) is 2.89. The first-order chi connectivity index (χ1) is 17.5. The van der Waals surface area contributed by atoms with Crippen LogP contribution in [0.2, 0.25) is 5.02 Å². The van der Waals surface area contributed by atoms with Crippen molar-refractivity contribution in [2.75, 3.05) is 35.3 Å². The lowest BCUT2D eigenvalue weighted by Gasteiger charge is -2.46. The number of hydrogen-bond acceptors (Lipinski definition) is 6. The van der Waals surface area contributed by atoms with Gasteiger partial charge >= 0.3 is 0 Å². The third-order valence-corrected chi connectivity index (χ3v) is 6.82. The number of nitrogens with one attached hydrogen (secondary N) is 1. The van der Waals surface area contributed by atoms with E-state index >= 15 is 0 Å². The summed E-state index contributed by atoms with van der Waals surface area (Å²) in [6.07, 6.45) is 0. The first-order valence-corrected chi connectivity index (χ1v) is 12.5. The van der Waals surface area contributed by atoms with Gasteiger partial charge in [-0.2, -0.15) is 0 Å². The Morgan fingerprint density at radius 2 is 1.53 bits per heavy atom. The lowest BCUT2D eigenvalue weighted by atomic mass is 10.1. The molecule has 2 atom stereocenters. The molecule has 0 aliphatic carbocycles. The van der Waals surface area contributed by atoms with Gasteiger partial charge in [-0.15, -0.1) is 0 Å². The van der Waals surface area contributed by atoms with Gasteiger partial charge in [0, 0.05) is 42.5 Å². The third-order valence-electron chi connectivity index (χ3n) is 6.49. The average molecular weight is 500 g/mol. The number of aromatic nitrogens is 2. The summed E-state index contributed by atoms with van der Waals surface area (Å²) in [6.45, 7) is 6.21. The van der Waals surface area contributed by atoms with Crippen LogP contribution in [0.5, 0.6) is 5.75 Å². The highest BCUT2D eigenvalue weighted by Crippen LogP contribution is 2.33. The third kappa shape index (κ3) is 4.95. The fourth-order valence-electron chi connectivity index (χ4n) is 4.93. The van der Waals surface area contributed by atoms with Crippen molar-refractivity contribution in [2.45, 2.75) is 25.9 Å². The Labute approximate surface area is 217 Å². The van der Waals surface area contributed by atoms with Gasteiger partial charge < -0.3 is 19.9 Å². The molecule has 0 saturated carbocycles. The zero-order valence-electron chi connectivity index (χ0n) is 20.7. The van der Waals surface area contributed by atoms with Crippen LogP contribution in [0.1, 0.15) is 13.8 Å². The monoisotopic (exact) mass is 499 g/mol. The van der Waals surface area contributed by atoms with Gasteiger partial charge in [0.25, 0.3) is 0 Å². The van der Waals surface area contributed by atoms with Gasteiger partial charge in [-0.1, -0.05) is 54.1 Å². The van der Waals surface area contributed by atoms with Gasteiger partial charge in [0.1, 0.15) is 17.4 Å². The second kappa shape index (κ2) is 10.5. The van der Waals surface area contributed by atoms with Gasteiger partial charge in [-0.05, 0) is 50.2 Å². The number of halogens is 1. The summed E-state index contributed by atoms with van der Waals surface area (Å²) in [5.41, 5.74) is 2.88. The molecule has 1 saturated heterocycles. The van der Waals surface area contributed by atoms with Crippen molar-refractivity contribution in [3.63, 3.8) is 0 Å². The number of nitrogens with zero attached hydrogens (tertiary/aromatic N) is 4. The largest absolute Gasteiger partial charge is 0.495 e. The van der Waals surface area contributed by atoms with Crippen LogP contribution in [0.15, 0.2) is 84.9 Å². The Morgan fingerprint density at radius 3 is 2.25 bits per heavy atom. The van der Waals surface area contributed by atoms with E-state index in [1.165, 1.54) is 5.69 Å². The second-order valence-electron chi connectivity index (χ2n) is 9.09. The van der Waals surface area contributed by atoms with E-state index < -0.39 is 0 Å². The van der Waals surface area contributed by atoms with Crippen molar-refractivity contribution in [1.29, 1.82) is 0 Å². The van der Waals surface area contributed by atoms with Crippen LogP contribution in [-0.4, -0.2) is 42.3 Å².